The van der Waals surface area contributed by atoms with E-state index < -0.39 is 0 Å². The third-order valence-corrected chi connectivity index (χ3v) is 5.76. The lowest BCUT2D eigenvalue weighted by Gasteiger charge is -2.34. The van der Waals surface area contributed by atoms with Crippen LogP contribution in [0.5, 0.6) is 0 Å². The molecule has 0 aliphatic heterocycles. The van der Waals surface area contributed by atoms with Gasteiger partial charge in [0.2, 0.25) is 0 Å². The molecule has 1 aliphatic carbocycles. The smallest absolute Gasteiger partial charge is 0.0809 e. The van der Waals surface area contributed by atoms with Crippen molar-refractivity contribution in [2.24, 2.45) is 11.8 Å². The molecular weight excluding hydrogens is 264 g/mol. The van der Waals surface area contributed by atoms with Crippen LogP contribution in [0.25, 0.3) is 10.2 Å². The fourth-order valence-corrected chi connectivity index (χ4v) is 4.04. The molecule has 0 amide bonds. The SMILES string of the molecule is CC(NC1CCC(C)C(C)C1)c1cnc2ccsc2c1. The van der Waals surface area contributed by atoms with Crippen LogP contribution in [0.3, 0.4) is 0 Å². The molecule has 2 aromatic heterocycles. The molecule has 1 aliphatic rings. The third-order valence-electron chi connectivity index (χ3n) is 4.91. The highest BCUT2D eigenvalue weighted by Gasteiger charge is 2.25. The Balaban J connectivity index is 1.67. The van der Waals surface area contributed by atoms with Gasteiger partial charge < -0.3 is 5.32 Å². The quantitative estimate of drug-likeness (QED) is 0.880. The van der Waals surface area contributed by atoms with Crippen LogP contribution in [0.1, 0.15) is 51.6 Å². The first-order chi connectivity index (χ1) is 9.63. The van der Waals surface area contributed by atoms with Crippen molar-refractivity contribution >= 4 is 21.6 Å². The normalized spacial score (nSPS) is 28.6. The summed E-state index contributed by atoms with van der Waals surface area (Å²) >= 11 is 1.78. The molecule has 0 aromatic carbocycles. The zero-order chi connectivity index (χ0) is 14.1. The summed E-state index contributed by atoms with van der Waals surface area (Å²) in [6.07, 6.45) is 6.00. The standard InChI is InChI=1S/C17H24N2S/c1-11-4-5-15(8-12(11)2)19-13(3)14-9-17-16(18-10-14)6-7-20-17/h6-7,9-13,15,19H,4-5,8H2,1-3H3. The Morgan fingerprint density at radius 1 is 1.30 bits per heavy atom. The predicted octanol–water partition coefficient (Wildman–Crippen LogP) is 4.77. The summed E-state index contributed by atoms with van der Waals surface area (Å²) < 4.78 is 1.29. The number of nitrogens with one attached hydrogen (secondary N) is 1. The van der Waals surface area contributed by atoms with Crippen molar-refractivity contribution < 1.29 is 0 Å². The number of pyridine rings is 1. The molecule has 2 heterocycles. The van der Waals surface area contributed by atoms with E-state index in [0.717, 1.165) is 17.4 Å². The minimum atomic E-state index is 0.389. The average molecular weight is 288 g/mol. The largest absolute Gasteiger partial charge is 0.307 e. The van der Waals surface area contributed by atoms with Crippen molar-refractivity contribution in [2.45, 2.75) is 52.1 Å². The van der Waals surface area contributed by atoms with Crippen LogP contribution in [-0.2, 0) is 0 Å². The number of fused-ring (bicyclic) bond motifs is 1. The van der Waals surface area contributed by atoms with Crippen molar-refractivity contribution in [2.75, 3.05) is 0 Å². The van der Waals surface area contributed by atoms with Crippen molar-refractivity contribution in [1.29, 1.82) is 0 Å². The van der Waals surface area contributed by atoms with Gasteiger partial charge in [-0.1, -0.05) is 13.8 Å². The maximum atomic E-state index is 4.55. The Morgan fingerprint density at radius 2 is 2.15 bits per heavy atom. The molecular formula is C17H24N2S. The summed E-state index contributed by atoms with van der Waals surface area (Å²) in [6, 6.07) is 5.43. The topological polar surface area (TPSA) is 24.9 Å². The highest BCUT2D eigenvalue weighted by molar-refractivity contribution is 7.17. The van der Waals surface area contributed by atoms with Gasteiger partial charge in [0.1, 0.15) is 0 Å². The molecule has 1 N–H and O–H groups in total. The zero-order valence-electron chi connectivity index (χ0n) is 12.6. The van der Waals surface area contributed by atoms with Crippen molar-refractivity contribution in [3.8, 4) is 0 Å². The summed E-state index contributed by atoms with van der Waals surface area (Å²) in [5, 5.41) is 5.92. The summed E-state index contributed by atoms with van der Waals surface area (Å²) in [6.45, 7) is 7.04. The van der Waals surface area contributed by atoms with Crippen LogP contribution in [0, 0.1) is 11.8 Å². The Labute approximate surface area is 125 Å². The number of hydrogen-bond acceptors (Lipinski definition) is 3. The monoisotopic (exact) mass is 288 g/mol. The molecule has 0 bridgehead atoms. The minimum absolute atomic E-state index is 0.389. The molecule has 3 rings (SSSR count). The Morgan fingerprint density at radius 3 is 2.95 bits per heavy atom. The lowest BCUT2D eigenvalue weighted by Crippen LogP contribution is -2.37. The van der Waals surface area contributed by atoms with Crippen LogP contribution in [-0.4, -0.2) is 11.0 Å². The van der Waals surface area contributed by atoms with E-state index >= 15 is 0 Å². The van der Waals surface area contributed by atoms with Gasteiger partial charge >= 0.3 is 0 Å². The second-order valence-corrected chi connectivity index (χ2v) is 7.37. The number of thiophene rings is 1. The Hall–Kier alpha value is -0.930. The van der Waals surface area contributed by atoms with Gasteiger partial charge in [-0.3, -0.25) is 4.98 Å². The first kappa shape index (κ1) is 14.0. The lowest BCUT2D eigenvalue weighted by atomic mass is 9.79. The van der Waals surface area contributed by atoms with E-state index in [9.17, 15) is 0 Å². The van der Waals surface area contributed by atoms with Gasteiger partial charge in [-0.2, -0.15) is 0 Å². The Kier molecular flexibility index (Phi) is 4.08. The highest BCUT2D eigenvalue weighted by Crippen LogP contribution is 2.31. The number of rotatable bonds is 3. The van der Waals surface area contributed by atoms with Crippen LogP contribution < -0.4 is 5.32 Å². The molecule has 0 radical (unpaired) electrons. The fourth-order valence-electron chi connectivity index (χ4n) is 3.25. The van der Waals surface area contributed by atoms with Gasteiger partial charge in [0.05, 0.1) is 10.2 Å². The minimum Gasteiger partial charge on any atom is -0.307 e. The molecule has 1 fully saturated rings. The van der Waals surface area contributed by atoms with E-state index in [1.54, 1.807) is 11.3 Å². The summed E-state index contributed by atoms with van der Waals surface area (Å²) in [4.78, 5) is 4.55. The maximum absolute atomic E-state index is 4.55. The van der Waals surface area contributed by atoms with Gasteiger partial charge in [-0.15, -0.1) is 11.3 Å². The van der Waals surface area contributed by atoms with E-state index in [-0.39, 0.29) is 0 Å². The van der Waals surface area contributed by atoms with Crippen LogP contribution in [0.15, 0.2) is 23.7 Å². The van der Waals surface area contributed by atoms with Gasteiger partial charge in [0.25, 0.3) is 0 Å². The zero-order valence-corrected chi connectivity index (χ0v) is 13.4. The maximum Gasteiger partial charge on any atom is 0.0809 e. The van der Waals surface area contributed by atoms with Crippen LogP contribution in [0.4, 0.5) is 0 Å². The Bertz CT molecular complexity index is 577. The molecule has 2 aromatic rings. The van der Waals surface area contributed by atoms with Gasteiger partial charge in [0.15, 0.2) is 0 Å². The van der Waals surface area contributed by atoms with E-state index in [1.807, 2.05) is 6.20 Å². The van der Waals surface area contributed by atoms with E-state index in [0.29, 0.717) is 12.1 Å². The van der Waals surface area contributed by atoms with E-state index in [4.69, 9.17) is 0 Å². The first-order valence-electron chi connectivity index (χ1n) is 7.72. The second kappa shape index (κ2) is 5.82. The molecule has 3 heteroatoms. The summed E-state index contributed by atoms with van der Waals surface area (Å²) in [7, 11) is 0. The second-order valence-electron chi connectivity index (χ2n) is 6.43. The van der Waals surface area contributed by atoms with Crippen molar-refractivity contribution in [1.82, 2.24) is 10.3 Å². The van der Waals surface area contributed by atoms with Crippen LogP contribution in [0.2, 0.25) is 0 Å². The molecule has 4 atom stereocenters. The van der Waals surface area contributed by atoms with Gasteiger partial charge in [0, 0.05) is 18.3 Å². The first-order valence-corrected chi connectivity index (χ1v) is 8.60. The molecule has 0 spiro atoms. The molecule has 108 valence electrons. The molecule has 0 saturated heterocycles. The van der Waals surface area contributed by atoms with Gasteiger partial charge in [-0.05, 0) is 61.1 Å². The van der Waals surface area contributed by atoms with E-state index in [2.05, 4.69) is 48.6 Å². The molecule has 4 unspecified atom stereocenters. The number of aromatic nitrogens is 1. The van der Waals surface area contributed by atoms with Gasteiger partial charge in [-0.25, -0.2) is 0 Å². The highest BCUT2D eigenvalue weighted by atomic mass is 32.1. The third kappa shape index (κ3) is 2.89. The molecule has 2 nitrogen and oxygen atoms in total. The van der Waals surface area contributed by atoms with Crippen molar-refractivity contribution in [3.63, 3.8) is 0 Å². The lowest BCUT2D eigenvalue weighted by molar-refractivity contribution is 0.217. The summed E-state index contributed by atoms with van der Waals surface area (Å²) in [5.41, 5.74) is 2.43. The number of nitrogens with zero attached hydrogens (tertiary/aromatic N) is 1. The van der Waals surface area contributed by atoms with E-state index in [1.165, 1.54) is 29.5 Å². The summed E-state index contributed by atoms with van der Waals surface area (Å²) in [5.74, 6) is 1.72. The molecule has 1 saturated carbocycles. The van der Waals surface area contributed by atoms with Crippen LogP contribution >= 0.6 is 11.3 Å². The predicted molar refractivity (Wildman–Crippen MR) is 87.1 cm³/mol. The molecule has 20 heavy (non-hydrogen) atoms. The average Bonchev–Trinajstić information content (AvgIpc) is 2.90. The number of hydrogen-bond donors (Lipinski definition) is 1. The van der Waals surface area contributed by atoms with Crippen molar-refractivity contribution in [3.05, 3.63) is 29.3 Å². The fraction of sp³-hybridized carbons (Fsp3) is 0.588.